The molecule has 0 radical (unpaired) electrons. The minimum Gasteiger partial charge on any atom is -0.448 e. The number of aromatic nitrogens is 1. The average Bonchev–Trinajstić information content (AvgIpc) is 2.83. The number of hydrogen-bond donors (Lipinski definition) is 1. The molecule has 2 aromatic rings. The fourth-order valence-electron chi connectivity index (χ4n) is 1.84. The summed E-state index contributed by atoms with van der Waals surface area (Å²) in [6.07, 6.45) is 3.65. The predicted octanol–water partition coefficient (Wildman–Crippen LogP) is 4.37. The topological polar surface area (TPSA) is 38.1 Å². The highest BCUT2D eigenvalue weighted by Gasteiger charge is 2.16. The van der Waals surface area contributed by atoms with Gasteiger partial charge in [-0.1, -0.05) is 6.92 Å². The van der Waals surface area contributed by atoms with Gasteiger partial charge in [0.1, 0.15) is 5.76 Å². The lowest BCUT2D eigenvalue weighted by Gasteiger charge is -2.15. The molecule has 0 aliphatic rings. The number of furan rings is 1. The van der Waals surface area contributed by atoms with E-state index in [2.05, 4.69) is 33.2 Å². The first-order valence-corrected chi connectivity index (χ1v) is 7.45. The molecule has 0 spiro atoms. The first kappa shape index (κ1) is 14.6. The van der Waals surface area contributed by atoms with Gasteiger partial charge in [0.15, 0.2) is 5.22 Å². The molecule has 2 aromatic heterocycles. The van der Waals surface area contributed by atoms with Crippen LogP contribution in [0.1, 0.15) is 30.8 Å². The fourth-order valence-corrected chi connectivity index (χ4v) is 2.23. The van der Waals surface area contributed by atoms with Crippen LogP contribution in [0.4, 0.5) is 0 Å². The zero-order valence-corrected chi connectivity index (χ0v) is 13.0. The molecule has 19 heavy (non-hydrogen) atoms. The Labute approximate surface area is 126 Å². The van der Waals surface area contributed by atoms with E-state index in [0.717, 1.165) is 35.3 Å². The van der Waals surface area contributed by atoms with Crippen molar-refractivity contribution in [3.63, 3.8) is 0 Å². The van der Waals surface area contributed by atoms with Crippen LogP contribution in [-0.4, -0.2) is 11.5 Å². The van der Waals surface area contributed by atoms with E-state index < -0.39 is 0 Å². The molecule has 0 bridgehead atoms. The van der Waals surface area contributed by atoms with Gasteiger partial charge in [-0.25, -0.2) is 0 Å². The molecule has 3 nitrogen and oxygen atoms in total. The Morgan fingerprint density at radius 2 is 2.21 bits per heavy atom. The number of rotatable bonds is 6. The molecule has 0 amide bonds. The molecule has 1 N–H and O–H groups in total. The standard InChI is InChI=1S/C14H16BrClN2O/c1-2-7-17-12(13-5-6-14(16)19-13)8-11-4-3-10(15)9-18-11/h3-6,9,12,17H,2,7-8H2,1H3. The van der Waals surface area contributed by atoms with E-state index in [1.807, 2.05) is 18.2 Å². The highest BCUT2D eigenvalue weighted by molar-refractivity contribution is 9.10. The second kappa shape index (κ2) is 7.08. The van der Waals surface area contributed by atoms with Crippen LogP contribution < -0.4 is 5.32 Å². The van der Waals surface area contributed by atoms with Crippen LogP contribution in [0.25, 0.3) is 0 Å². The highest BCUT2D eigenvalue weighted by atomic mass is 79.9. The van der Waals surface area contributed by atoms with Crippen LogP contribution in [-0.2, 0) is 6.42 Å². The van der Waals surface area contributed by atoms with Crippen LogP contribution in [0.2, 0.25) is 5.22 Å². The first-order valence-electron chi connectivity index (χ1n) is 6.28. The summed E-state index contributed by atoms with van der Waals surface area (Å²) in [5.74, 6) is 0.850. The summed E-state index contributed by atoms with van der Waals surface area (Å²) >= 11 is 9.23. The van der Waals surface area contributed by atoms with E-state index in [-0.39, 0.29) is 6.04 Å². The smallest absolute Gasteiger partial charge is 0.193 e. The lowest BCUT2D eigenvalue weighted by Crippen LogP contribution is -2.24. The van der Waals surface area contributed by atoms with Crippen LogP contribution in [0.3, 0.4) is 0 Å². The zero-order chi connectivity index (χ0) is 13.7. The average molecular weight is 344 g/mol. The number of nitrogens with one attached hydrogen (secondary N) is 1. The van der Waals surface area contributed by atoms with Crippen molar-refractivity contribution in [3.05, 3.63) is 51.6 Å². The Morgan fingerprint density at radius 1 is 1.37 bits per heavy atom. The quantitative estimate of drug-likeness (QED) is 0.846. The highest BCUT2D eigenvalue weighted by Crippen LogP contribution is 2.23. The molecule has 0 aliphatic carbocycles. The summed E-state index contributed by atoms with van der Waals surface area (Å²) in [6, 6.07) is 7.78. The third-order valence-electron chi connectivity index (χ3n) is 2.78. The molecule has 0 saturated heterocycles. The third-order valence-corrected chi connectivity index (χ3v) is 3.45. The number of nitrogens with zero attached hydrogens (tertiary/aromatic N) is 1. The van der Waals surface area contributed by atoms with Crippen LogP contribution in [0.5, 0.6) is 0 Å². The van der Waals surface area contributed by atoms with Crippen molar-refractivity contribution in [2.45, 2.75) is 25.8 Å². The Balaban J connectivity index is 2.11. The maximum Gasteiger partial charge on any atom is 0.193 e. The van der Waals surface area contributed by atoms with Crippen molar-refractivity contribution in [2.24, 2.45) is 0 Å². The molecule has 5 heteroatoms. The van der Waals surface area contributed by atoms with E-state index in [1.165, 1.54) is 0 Å². The Morgan fingerprint density at radius 3 is 2.79 bits per heavy atom. The van der Waals surface area contributed by atoms with Crippen LogP contribution in [0.15, 0.2) is 39.4 Å². The van der Waals surface area contributed by atoms with Gasteiger partial charge in [0, 0.05) is 22.8 Å². The number of halogens is 2. The lowest BCUT2D eigenvalue weighted by atomic mass is 10.1. The van der Waals surface area contributed by atoms with E-state index in [9.17, 15) is 0 Å². The minimum absolute atomic E-state index is 0.0983. The van der Waals surface area contributed by atoms with Gasteiger partial charge in [-0.3, -0.25) is 4.98 Å². The summed E-state index contributed by atoms with van der Waals surface area (Å²) in [5, 5.41) is 3.88. The molecule has 2 heterocycles. The molecular weight excluding hydrogens is 328 g/mol. The Kier molecular flexibility index (Phi) is 5.43. The normalized spacial score (nSPS) is 12.6. The van der Waals surface area contributed by atoms with Crippen molar-refractivity contribution in [1.82, 2.24) is 10.3 Å². The second-order valence-corrected chi connectivity index (χ2v) is 5.61. The first-order chi connectivity index (χ1) is 9.19. The summed E-state index contributed by atoms with van der Waals surface area (Å²) in [5.41, 5.74) is 1.02. The van der Waals surface area contributed by atoms with Gasteiger partial charge in [-0.05, 0) is 64.8 Å². The minimum atomic E-state index is 0.0983. The van der Waals surface area contributed by atoms with Crippen molar-refractivity contribution < 1.29 is 4.42 Å². The fraction of sp³-hybridized carbons (Fsp3) is 0.357. The van der Waals surface area contributed by atoms with E-state index in [0.29, 0.717) is 5.22 Å². The van der Waals surface area contributed by atoms with Crippen molar-refractivity contribution in [1.29, 1.82) is 0 Å². The molecule has 1 atom stereocenters. The molecule has 0 saturated carbocycles. The predicted molar refractivity (Wildman–Crippen MR) is 80.4 cm³/mol. The molecular formula is C14H16BrClN2O. The summed E-state index contributed by atoms with van der Waals surface area (Å²) in [7, 11) is 0. The second-order valence-electron chi connectivity index (χ2n) is 4.32. The van der Waals surface area contributed by atoms with E-state index >= 15 is 0 Å². The van der Waals surface area contributed by atoms with Crippen molar-refractivity contribution in [3.8, 4) is 0 Å². The summed E-state index contributed by atoms with van der Waals surface area (Å²) in [4.78, 5) is 4.40. The van der Waals surface area contributed by atoms with Gasteiger partial charge in [0.2, 0.25) is 0 Å². The van der Waals surface area contributed by atoms with Crippen molar-refractivity contribution in [2.75, 3.05) is 6.54 Å². The zero-order valence-electron chi connectivity index (χ0n) is 10.7. The van der Waals surface area contributed by atoms with Gasteiger partial charge in [0.05, 0.1) is 6.04 Å². The Hall–Kier alpha value is -0.840. The third kappa shape index (κ3) is 4.34. The largest absolute Gasteiger partial charge is 0.448 e. The van der Waals surface area contributed by atoms with Gasteiger partial charge in [0.25, 0.3) is 0 Å². The molecule has 0 fully saturated rings. The summed E-state index contributed by atoms with van der Waals surface area (Å²) < 4.78 is 6.49. The monoisotopic (exact) mass is 342 g/mol. The van der Waals surface area contributed by atoms with Gasteiger partial charge in [-0.15, -0.1) is 0 Å². The Bertz CT molecular complexity index is 512. The van der Waals surface area contributed by atoms with Crippen LogP contribution >= 0.6 is 27.5 Å². The number of pyridine rings is 1. The van der Waals surface area contributed by atoms with Gasteiger partial charge >= 0.3 is 0 Å². The van der Waals surface area contributed by atoms with Gasteiger partial charge < -0.3 is 9.73 Å². The molecule has 0 aromatic carbocycles. The van der Waals surface area contributed by atoms with Crippen LogP contribution in [0, 0.1) is 0 Å². The van der Waals surface area contributed by atoms with E-state index in [4.69, 9.17) is 16.0 Å². The number of hydrogen-bond acceptors (Lipinski definition) is 3. The van der Waals surface area contributed by atoms with E-state index in [1.54, 1.807) is 12.3 Å². The van der Waals surface area contributed by atoms with Gasteiger partial charge in [-0.2, -0.15) is 0 Å². The molecule has 2 rings (SSSR count). The maximum absolute atomic E-state index is 5.85. The molecule has 102 valence electrons. The van der Waals surface area contributed by atoms with Crippen molar-refractivity contribution >= 4 is 27.5 Å². The SMILES string of the molecule is CCCNC(Cc1ccc(Br)cn1)c1ccc(Cl)o1. The summed E-state index contributed by atoms with van der Waals surface area (Å²) in [6.45, 7) is 3.07. The molecule has 1 unspecified atom stereocenters. The lowest BCUT2D eigenvalue weighted by molar-refractivity contribution is 0.409. The molecule has 0 aliphatic heterocycles. The maximum atomic E-state index is 5.85.